The van der Waals surface area contributed by atoms with Gasteiger partial charge in [-0.05, 0) is 48.9 Å². The number of pyridine rings is 1. The summed E-state index contributed by atoms with van der Waals surface area (Å²) in [5, 5.41) is 17.1. The van der Waals surface area contributed by atoms with Gasteiger partial charge in [-0.1, -0.05) is 12.1 Å². The van der Waals surface area contributed by atoms with E-state index in [4.69, 9.17) is 0 Å². The molecule has 0 bridgehead atoms. The van der Waals surface area contributed by atoms with Crippen molar-refractivity contribution < 1.29 is 27.5 Å². The first-order valence-corrected chi connectivity index (χ1v) is 11.3. The van der Waals surface area contributed by atoms with Crippen LogP contribution in [0.25, 0.3) is 22.2 Å². The Morgan fingerprint density at radius 2 is 1.89 bits per heavy atom. The summed E-state index contributed by atoms with van der Waals surface area (Å²) in [4.78, 5) is 34.0. The normalized spacial score (nSPS) is 12.3. The van der Waals surface area contributed by atoms with Crippen molar-refractivity contribution in [3.05, 3.63) is 76.5 Å². The summed E-state index contributed by atoms with van der Waals surface area (Å²) in [6.07, 6.45) is -3.11. The predicted octanol–water partition coefficient (Wildman–Crippen LogP) is 4.59. The van der Waals surface area contributed by atoms with Crippen LogP contribution >= 0.6 is 0 Å². The SMILES string of the molecule is CC(CO)Nc1ncc2cc(-c3ccc(F)c(NC(=O)Nc4cccc(C(F)(F)F)c4)c3)c(=O)n(C)c2n1. The van der Waals surface area contributed by atoms with Crippen LogP contribution in [0.15, 0.2) is 59.5 Å². The zero-order chi connectivity index (χ0) is 27.6. The highest BCUT2D eigenvalue weighted by Crippen LogP contribution is 2.31. The van der Waals surface area contributed by atoms with Gasteiger partial charge in [0, 0.05) is 35.9 Å². The molecule has 4 N–H and O–H groups in total. The maximum atomic E-state index is 14.5. The average Bonchev–Trinajstić information content (AvgIpc) is 2.87. The van der Waals surface area contributed by atoms with Gasteiger partial charge in [-0.15, -0.1) is 0 Å². The van der Waals surface area contributed by atoms with E-state index in [0.717, 1.165) is 24.3 Å². The number of fused-ring (bicyclic) bond motifs is 1. The minimum absolute atomic E-state index is 0.139. The van der Waals surface area contributed by atoms with Crippen molar-refractivity contribution in [2.45, 2.75) is 19.1 Å². The number of hydrogen-bond acceptors (Lipinski definition) is 6. The number of aliphatic hydroxyl groups is 1. The van der Waals surface area contributed by atoms with Gasteiger partial charge in [0.05, 0.1) is 17.9 Å². The average molecular weight is 530 g/mol. The molecular formula is C25H22F4N6O3. The van der Waals surface area contributed by atoms with E-state index >= 15 is 0 Å². The summed E-state index contributed by atoms with van der Waals surface area (Å²) in [6, 6.07) is 7.88. The molecule has 13 heteroatoms. The number of aliphatic hydroxyl groups excluding tert-OH is 1. The molecule has 0 aliphatic carbocycles. The summed E-state index contributed by atoms with van der Waals surface area (Å²) in [5.74, 6) is -0.593. The molecule has 0 spiro atoms. The van der Waals surface area contributed by atoms with Crippen LogP contribution in [0.1, 0.15) is 12.5 Å². The van der Waals surface area contributed by atoms with Crippen molar-refractivity contribution in [2.75, 3.05) is 22.6 Å². The van der Waals surface area contributed by atoms with E-state index in [0.29, 0.717) is 11.0 Å². The number of halogens is 4. The summed E-state index contributed by atoms with van der Waals surface area (Å²) >= 11 is 0. The lowest BCUT2D eigenvalue weighted by molar-refractivity contribution is -0.137. The number of nitrogens with zero attached hydrogens (tertiary/aromatic N) is 3. The molecular weight excluding hydrogens is 508 g/mol. The van der Waals surface area contributed by atoms with E-state index in [2.05, 4.69) is 25.9 Å². The van der Waals surface area contributed by atoms with E-state index in [1.165, 1.54) is 42.1 Å². The van der Waals surface area contributed by atoms with Crippen molar-refractivity contribution >= 4 is 34.4 Å². The van der Waals surface area contributed by atoms with Gasteiger partial charge >= 0.3 is 12.2 Å². The number of rotatable bonds is 6. The van der Waals surface area contributed by atoms with E-state index in [1.807, 2.05) is 0 Å². The third-order valence-corrected chi connectivity index (χ3v) is 5.57. The van der Waals surface area contributed by atoms with E-state index in [-0.39, 0.29) is 41.1 Å². The number of carbonyl (C=O) groups excluding carboxylic acids is 1. The minimum Gasteiger partial charge on any atom is -0.394 e. The van der Waals surface area contributed by atoms with Crippen molar-refractivity contribution in [2.24, 2.45) is 7.05 Å². The quantitative estimate of drug-likeness (QED) is 0.271. The van der Waals surface area contributed by atoms with Gasteiger partial charge in [-0.2, -0.15) is 18.2 Å². The Labute approximate surface area is 213 Å². The maximum Gasteiger partial charge on any atom is 0.416 e. The van der Waals surface area contributed by atoms with Crippen molar-refractivity contribution in [3.8, 4) is 11.1 Å². The Hall–Kier alpha value is -4.52. The number of alkyl halides is 3. The summed E-state index contributed by atoms with van der Waals surface area (Å²) in [6.45, 7) is 1.59. The van der Waals surface area contributed by atoms with E-state index in [9.17, 15) is 32.3 Å². The topological polar surface area (TPSA) is 121 Å². The van der Waals surface area contributed by atoms with Gasteiger partial charge in [0.1, 0.15) is 11.5 Å². The Kier molecular flexibility index (Phi) is 7.30. The number of urea groups is 1. The van der Waals surface area contributed by atoms with Gasteiger partial charge in [-0.3, -0.25) is 9.36 Å². The van der Waals surface area contributed by atoms with Gasteiger partial charge in [-0.25, -0.2) is 14.2 Å². The molecule has 2 heterocycles. The molecule has 38 heavy (non-hydrogen) atoms. The van der Waals surface area contributed by atoms with Crippen LogP contribution < -0.4 is 21.5 Å². The van der Waals surface area contributed by atoms with E-state index in [1.54, 1.807) is 6.92 Å². The summed E-state index contributed by atoms with van der Waals surface area (Å²) in [7, 11) is 1.51. The Bertz CT molecular complexity index is 1570. The molecule has 0 aliphatic heterocycles. The lowest BCUT2D eigenvalue weighted by Crippen LogP contribution is -2.23. The predicted molar refractivity (Wildman–Crippen MR) is 134 cm³/mol. The second-order valence-electron chi connectivity index (χ2n) is 8.48. The lowest BCUT2D eigenvalue weighted by atomic mass is 10.1. The van der Waals surface area contributed by atoms with Crippen LogP contribution in [-0.2, 0) is 13.2 Å². The van der Waals surface area contributed by atoms with Crippen LogP contribution in [0.4, 0.5) is 39.7 Å². The molecule has 198 valence electrons. The molecule has 0 fully saturated rings. The van der Waals surface area contributed by atoms with Crippen molar-refractivity contribution in [1.82, 2.24) is 14.5 Å². The van der Waals surface area contributed by atoms with Crippen molar-refractivity contribution in [1.29, 1.82) is 0 Å². The molecule has 2 amide bonds. The molecule has 2 aromatic carbocycles. The zero-order valence-corrected chi connectivity index (χ0v) is 20.1. The maximum absolute atomic E-state index is 14.5. The molecule has 0 saturated heterocycles. The smallest absolute Gasteiger partial charge is 0.394 e. The largest absolute Gasteiger partial charge is 0.416 e. The van der Waals surface area contributed by atoms with Crippen LogP contribution in [-0.4, -0.2) is 38.3 Å². The number of hydrogen-bond donors (Lipinski definition) is 4. The highest BCUT2D eigenvalue weighted by atomic mass is 19.4. The fourth-order valence-corrected chi connectivity index (χ4v) is 3.64. The van der Waals surface area contributed by atoms with Crippen LogP contribution in [0, 0.1) is 5.82 Å². The highest BCUT2D eigenvalue weighted by molar-refractivity contribution is 6.00. The first kappa shape index (κ1) is 26.5. The zero-order valence-electron chi connectivity index (χ0n) is 20.1. The number of carbonyl (C=O) groups is 1. The first-order chi connectivity index (χ1) is 18.0. The fraction of sp³-hybridized carbons (Fsp3) is 0.200. The number of aryl methyl sites for hydroxylation is 1. The Morgan fingerprint density at radius 3 is 2.61 bits per heavy atom. The first-order valence-electron chi connectivity index (χ1n) is 11.3. The molecule has 0 radical (unpaired) electrons. The summed E-state index contributed by atoms with van der Waals surface area (Å²) < 4.78 is 54.6. The van der Waals surface area contributed by atoms with Gasteiger partial charge < -0.3 is 21.1 Å². The highest BCUT2D eigenvalue weighted by Gasteiger charge is 2.30. The Morgan fingerprint density at radius 1 is 1.13 bits per heavy atom. The molecule has 4 rings (SSSR count). The number of amides is 2. The second kappa shape index (κ2) is 10.5. The fourth-order valence-electron chi connectivity index (χ4n) is 3.64. The van der Waals surface area contributed by atoms with Crippen LogP contribution in [0.3, 0.4) is 0 Å². The molecule has 9 nitrogen and oxygen atoms in total. The number of nitrogens with one attached hydrogen (secondary N) is 3. The Balaban J connectivity index is 1.62. The van der Waals surface area contributed by atoms with E-state index < -0.39 is 29.1 Å². The number of benzene rings is 2. The van der Waals surface area contributed by atoms with Gasteiger partial charge in [0.15, 0.2) is 0 Å². The third-order valence-electron chi connectivity index (χ3n) is 5.57. The molecule has 1 atom stereocenters. The van der Waals surface area contributed by atoms with Crippen LogP contribution in [0.5, 0.6) is 0 Å². The minimum atomic E-state index is -4.60. The van der Waals surface area contributed by atoms with Gasteiger partial charge in [0.25, 0.3) is 5.56 Å². The summed E-state index contributed by atoms with van der Waals surface area (Å²) in [5.41, 5.74) is -1.06. The number of anilines is 3. The third kappa shape index (κ3) is 5.72. The van der Waals surface area contributed by atoms with Gasteiger partial charge in [0.2, 0.25) is 5.95 Å². The molecule has 0 saturated carbocycles. The molecule has 4 aromatic rings. The number of aromatic nitrogens is 3. The standard InChI is InChI=1S/C25H22F4N6O3/c1-13(12-36)31-23-30-11-15-8-18(22(37)35(2)21(15)34-23)14-6-7-19(26)20(9-14)33-24(38)32-17-5-3-4-16(10-17)25(27,28)29/h3-11,13,36H,12H2,1-2H3,(H,30,31,34)(H2,32,33,38). The molecule has 0 aliphatic rings. The molecule has 1 unspecified atom stereocenters. The lowest BCUT2D eigenvalue weighted by Gasteiger charge is -2.14. The van der Waals surface area contributed by atoms with Crippen molar-refractivity contribution in [3.63, 3.8) is 0 Å². The van der Waals surface area contributed by atoms with Crippen LogP contribution in [0.2, 0.25) is 0 Å². The molecule has 2 aromatic heterocycles. The monoisotopic (exact) mass is 530 g/mol. The second-order valence-corrected chi connectivity index (χ2v) is 8.48.